The number of carbonyl (C=O) groups is 3. The molecule has 0 spiro atoms. The standard InChI is InChI=1S/C13H24N4O3/c1-8(18)7-12(9(2)19)17-13(20)11(15)5-4-6-16-10(3)14/h11-12H,4-7,15H2,1-3H3,(H2,14,16)(H,17,20)/t11-,12+/m1/s1. The van der Waals surface area contributed by atoms with Crippen molar-refractivity contribution in [1.82, 2.24) is 10.6 Å². The number of amidine groups is 1. The van der Waals surface area contributed by atoms with Gasteiger partial charge >= 0.3 is 0 Å². The summed E-state index contributed by atoms with van der Waals surface area (Å²) in [5.41, 5.74) is 5.72. The van der Waals surface area contributed by atoms with Crippen molar-refractivity contribution < 1.29 is 14.4 Å². The number of nitrogens with one attached hydrogen (secondary N) is 3. The Balaban J connectivity index is 4.18. The Kier molecular flexibility index (Phi) is 8.38. The molecule has 0 aromatic heterocycles. The van der Waals surface area contributed by atoms with Crippen molar-refractivity contribution in [2.75, 3.05) is 6.54 Å². The molecule has 0 aliphatic heterocycles. The third-order valence-electron chi connectivity index (χ3n) is 2.72. The molecule has 0 fully saturated rings. The molecular formula is C13H24N4O3. The van der Waals surface area contributed by atoms with Crippen LogP contribution < -0.4 is 16.4 Å². The first-order chi connectivity index (χ1) is 9.23. The van der Waals surface area contributed by atoms with Crippen LogP contribution >= 0.6 is 0 Å². The topological polar surface area (TPSA) is 125 Å². The fourth-order valence-corrected chi connectivity index (χ4v) is 1.59. The second-order valence-electron chi connectivity index (χ2n) is 4.88. The molecule has 114 valence electrons. The molecule has 5 N–H and O–H groups in total. The monoisotopic (exact) mass is 284 g/mol. The maximum absolute atomic E-state index is 11.8. The zero-order valence-corrected chi connectivity index (χ0v) is 12.3. The number of amides is 1. The predicted octanol–water partition coefficient (Wildman–Crippen LogP) is -0.266. The van der Waals surface area contributed by atoms with Crippen molar-refractivity contribution in [2.24, 2.45) is 5.73 Å². The molecular weight excluding hydrogens is 260 g/mol. The highest BCUT2D eigenvalue weighted by Crippen LogP contribution is 1.99. The average Bonchev–Trinajstić information content (AvgIpc) is 2.32. The third-order valence-corrected chi connectivity index (χ3v) is 2.72. The lowest BCUT2D eigenvalue weighted by Gasteiger charge is -2.18. The second kappa shape index (κ2) is 9.19. The fraction of sp³-hybridized carbons (Fsp3) is 0.692. The average molecular weight is 284 g/mol. The van der Waals surface area contributed by atoms with Crippen LogP contribution in [0, 0.1) is 5.41 Å². The van der Waals surface area contributed by atoms with Gasteiger partial charge in [0.25, 0.3) is 0 Å². The molecule has 1 amide bonds. The first-order valence-electron chi connectivity index (χ1n) is 6.59. The number of nitrogens with two attached hydrogens (primary N) is 1. The summed E-state index contributed by atoms with van der Waals surface area (Å²) in [6.07, 6.45) is 1.07. The van der Waals surface area contributed by atoms with E-state index in [0.717, 1.165) is 0 Å². The molecule has 0 aliphatic rings. The van der Waals surface area contributed by atoms with Gasteiger partial charge in [-0.1, -0.05) is 0 Å². The minimum atomic E-state index is -0.798. The number of ketones is 2. The van der Waals surface area contributed by atoms with E-state index < -0.39 is 18.0 Å². The van der Waals surface area contributed by atoms with Crippen LogP contribution in [0.4, 0.5) is 0 Å². The molecule has 2 atom stereocenters. The normalized spacial score (nSPS) is 13.2. The molecule has 0 saturated carbocycles. The van der Waals surface area contributed by atoms with Gasteiger partial charge in [-0.25, -0.2) is 0 Å². The number of carbonyl (C=O) groups excluding carboxylic acids is 3. The van der Waals surface area contributed by atoms with Gasteiger partial charge in [-0.15, -0.1) is 0 Å². The molecule has 0 rings (SSSR count). The summed E-state index contributed by atoms with van der Waals surface area (Å²) in [5, 5.41) is 12.5. The van der Waals surface area contributed by atoms with Gasteiger partial charge < -0.3 is 16.4 Å². The summed E-state index contributed by atoms with van der Waals surface area (Å²) in [4.78, 5) is 34.2. The van der Waals surface area contributed by atoms with Gasteiger partial charge in [-0.3, -0.25) is 19.8 Å². The second-order valence-corrected chi connectivity index (χ2v) is 4.88. The van der Waals surface area contributed by atoms with Gasteiger partial charge in [-0.05, 0) is 33.6 Å². The van der Waals surface area contributed by atoms with Crippen molar-refractivity contribution in [2.45, 2.75) is 52.1 Å². The minimum absolute atomic E-state index is 0.0116. The van der Waals surface area contributed by atoms with Crippen LogP contribution in [-0.4, -0.2) is 41.9 Å². The van der Waals surface area contributed by atoms with E-state index in [9.17, 15) is 14.4 Å². The van der Waals surface area contributed by atoms with Gasteiger partial charge in [0, 0.05) is 13.0 Å². The summed E-state index contributed by atoms with van der Waals surface area (Å²) < 4.78 is 0. The molecule has 0 aromatic carbocycles. The molecule has 0 saturated heterocycles. The molecule has 0 unspecified atom stereocenters. The van der Waals surface area contributed by atoms with Crippen LogP contribution in [0.2, 0.25) is 0 Å². The van der Waals surface area contributed by atoms with Gasteiger partial charge in [0.2, 0.25) is 5.91 Å². The van der Waals surface area contributed by atoms with Crippen LogP contribution in [0.15, 0.2) is 0 Å². The van der Waals surface area contributed by atoms with E-state index in [1.54, 1.807) is 6.92 Å². The van der Waals surface area contributed by atoms with E-state index in [0.29, 0.717) is 25.2 Å². The molecule has 0 heterocycles. The molecule has 0 aliphatic carbocycles. The Morgan fingerprint density at radius 2 is 1.80 bits per heavy atom. The lowest BCUT2D eigenvalue weighted by atomic mass is 10.1. The maximum Gasteiger partial charge on any atom is 0.237 e. The van der Waals surface area contributed by atoms with Gasteiger partial charge in [0.1, 0.15) is 5.78 Å². The fourth-order valence-electron chi connectivity index (χ4n) is 1.59. The molecule has 0 bridgehead atoms. The quantitative estimate of drug-likeness (QED) is 0.263. The van der Waals surface area contributed by atoms with E-state index in [1.165, 1.54) is 13.8 Å². The molecule has 0 aromatic rings. The number of hydrogen-bond donors (Lipinski definition) is 4. The minimum Gasteiger partial charge on any atom is -0.374 e. The van der Waals surface area contributed by atoms with E-state index in [4.69, 9.17) is 11.1 Å². The van der Waals surface area contributed by atoms with Crippen molar-refractivity contribution in [1.29, 1.82) is 5.41 Å². The largest absolute Gasteiger partial charge is 0.374 e. The van der Waals surface area contributed by atoms with E-state index in [2.05, 4.69) is 10.6 Å². The van der Waals surface area contributed by atoms with E-state index >= 15 is 0 Å². The van der Waals surface area contributed by atoms with Crippen LogP contribution in [0.1, 0.15) is 40.0 Å². The summed E-state index contributed by atoms with van der Waals surface area (Å²) in [7, 11) is 0. The summed E-state index contributed by atoms with van der Waals surface area (Å²) in [6, 6.07) is -1.52. The van der Waals surface area contributed by atoms with Crippen LogP contribution in [0.3, 0.4) is 0 Å². The van der Waals surface area contributed by atoms with Gasteiger partial charge in [-0.2, -0.15) is 0 Å². The predicted molar refractivity (Wildman–Crippen MR) is 76.5 cm³/mol. The maximum atomic E-state index is 11.8. The highest BCUT2D eigenvalue weighted by molar-refractivity contribution is 5.93. The summed E-state index contributed by atoms with van der Waals surface area (Å²) in [6.45, 7) is 4.90. The van der Waals surface area contributed by atoms with Crippen LogP contribution in [0.25, 0.3) is 0 Å². The highest BCUT2D eigenvalue weighted by Gasteiger charge is 2.22. The highest BCUT2D eigenvalue weighted by atomic mass is 16.2. The molecule has 7 nitrogen and oxygen atoms in total. The smallest absolute Gasteiger partial charge is 0.237 e. The Morgan fingerprint density at radius 3 is 2.25 bits per heavy atom. The molecule has 0 radical (unpaired) electrons. The van der Waals surface area contributed by atoms with Crippen LogP contribution in [-0.2, 0) is 14.4 Å². The SMILES string of the molecule is CC(=N)NCCC[C@@H](N)C(=O)N[C@@H](CC(C)=O)C(C)=O. The van der Waals surface area contributed by atoms with Crippen LogP contribution in [0.5, 0.6) is 0 Å². The Morgan fingerprint density at radius 1 is 1.20 bits per heavy atom. The van der Waals surface area contributed by atoms with Crippen molar-refractivity contribution >= 4 is 23.3 Å². The van der Waals surface area contributed by atoms with Crippen molar-refractivity contribution in [3.05, 3.63) is 0 Å². The lowest BCUT2D eigenvalue weighted by Crippen LogP contribution is -2.48. The third kappa shape index (κ3) is 8.36. The van der Waals surface area contributed by atoms with E-state index in [1.807, 2.05) is 0 Å². The van der Waals surface area contributed by atoms with Gasteiger partial charge in [0.15, 0.2) is 5.78 Å². The number of Topliss-reactive ketones (excluding diaryl/α,β-unsaturated/α-hetero) is 2. The zero-order chi connectivity index (χ0) is 15.7. The van der Waals surface area contributed by atoms with Gasteiger partial charge in [0.05, 0.1) is 17.9 Å². The number of hydrogen-bond acceptors (Lipinski definition) is 5. The van der Waals surface area contributed by atoms with Crippen molar-refractivity contribution in [3.8, 4) is 0 Å². The first kappa shape index (κ1) is 18.2. The molecule has 7 heteroatoms. The van der Waals surface area contributed by atoms with E-state index in [-0.39, 0.29) is 18.0 Å². The summed E-state index contributed by atoms with van der Waals surface area (Å²) in [5.74, 6) is -0.495. The summed E-state index contributed by atoms with van der Waals surface area (Å²) >= 11 is 0. The number of rotatable bonds is 9. The first-order valence-corrected chi connectivity index (χ1v) is 6.59. The zero-order valence-electron chi connectivity index (χ0n) is 12.3. The Bertz CT molecular complexity index is 382. The molecule has 20 heavy (non-hydrogen) atoms. The van der Waals surface area contributed by atoms with Crippen molar-refractivity contribution in [3.63, 3.8) is 0 Å². The Labute approximate surface area is 119 Å². The lowest BCUT2D eigenvalue weighted by molar-refractivity contribution is -0.129. The Hall–Kier alpha value is -1.76.